The second-order valence-corrected chi connectivity index (χ2v) is 9.14. The van der Waals surface area contributed by atoms with Gasteiger partial charge in [0.2, 0.25) is 0 Å². The Morgan fingerprint density at radius 2 is 1.62 bits per heavy atom. The number of carbonyl (C=O) groups is 2. The summed E-state index contributed by atoms with van der Waals surface area (Å²) in [5, 5.41) is 7.07. The molecular formula is C31H28ClN3O5. The molecule has 0 fully saturated rings. The predicted octanol–water partition coefficient (Wildman–Crippen LogP) is 6.02. The van der Waals surface area contributed by atoms with Crippen molar-refractivity contribution in [3.05, 3.63) is 118 Å². The van der Waals surface area contributed by atoms with Crippen molar-refractivity contribution in [2.24, 2.45) is 5.10 Å². The molecule has 0 aromatic heterocycles. The van der Waals surface area contributed by atoms with E-state index in [1.165, 1.54) is 13.3 Å². The Morgan fingerprint density at radius 1 is 0.875 bits per heavy atom. The highest BCUT2D eigenvalue weighted by atomic mass is 35.5. The summed E-state index contributed by atoms with van der Waals surface area (Å²) in [6.07, 6.45) is 1.45. The van der Waals surface area contributed by atoms with Crippen LogP contribution < -0.4 is 25.0 Å². The van der Waals surface area contributed by atoms with E-state index >= 15 is 0 Å². The van der Waals surface area contributed by atoms with Crippen LogP contribution in [0.2, 0.25) is 5.02 Å². The molecule has 0 aliphatic carbocycles. The Kier molecular flexibility index (Phi) is 9.74. The number of aryl methyl sites for hydroxylation is 1. The van der Waals surface area contributed by atoms with Crippen LogP contribution in [0.3, 0.4) is 0 Å². The van der Waals surface area contributed by atoms with Crippen molar-refractivity contribution in [1.82, 2.24) is 5.43 Å². The second kappa shape index (κ2) is 13.8. The van der Waals surface area contributed by atoms with Gasteiger partial charge in [-0.3, -0.25) is 9.59 Å². The Bertz CT molecular complexity index is 1490. The number of nitrogens with zero attached hydrogens (tertiary/aromatic N) is 1. The molecule has 4 aromatic carbocycles. The number of halogens is 1. The lowest BCUT2D eigenvalue weighted by Crippen LogP contribution is -2.20. The minimum atomic E-state index is -0.421. The van der Waals surface area contributed by atoms with Crippen LogP contribution >= 0.6 is 11.6 Å². The van der Waals surface area contributed by atoms with E-state index in [9.17, 15) is 9.59 Å². The van der Waals surface area contributed by atoms with Crippen molar-refractivity contribution in [2.75, 3.05) is 19.0 Å². The molecule has 204 valence electrons. The number of hydrazone groups is 1. The molecule has 4 aromatic rings. The maximum Gasteiger partial charge on any atom is 0.271 e. The van der Waals surface area contributed by atoms with Crippen molar-refractivity contribution >= 4 is 35.3 Å². The summed E-state index contributed by atoms with van der Waals surface area (Å²) in [4.78, 5) is 24.8. The van der Waals surface area contributed by atoms with Crippen LogP contribution in [-0.4, -0.2) is 31.7 Å². The van der Waals surface area contributed by atoms with Gasteiger partial charge in [0.15, 0.2) is 18.1 Å². The summed E-state index contributed by atoms with van der Waals surface area (Å²) < 4.78 is 16.8. The van der Waals surface area contributed by atoms with Gasteiger partial charge < -0.3 is 19.5 Å². The van der Waals surface area contributed by atoms with E-state index in [0.29, 0.717) is 45.7 Å². The van der Waals surface area contributed by atoms with Crippen molar-refractivity contribution in [2.45, 2.75) is 13.5 Å². The normalized spacial score (nSPS) is 10.7. The molecule has 0 heterocycles. The molecule has 40 heavy (non-hydrogen) atoms. The number of nitrogens with one attached hydrogen (secondary N) is 2. The predicted molar refractivity (Wildman–Crippen MR) is 156 cm³/mol. The summed E-state index contributed by atoms with van der Waals surface area (Å²) in [5.41, 5.74) is 6.27. The van der Waals surface area contributed by atoms with Crippen LogP contribution in [0, 0.1) is 6.92 Å². The van der Waals surface area contributed by atoms with Crippen LogP contribution in [0.5, 0.6) is 17.2 Å². The van der Waals surface area contributed by atoms with E-state index < -0.39 is 5.91 Å². The van der Waals surface area contributed by atoms with Gasteiger partial charge in [0, 0.05) is 11.3 Å². The minimum Gasteiger partial charge on any atom is -0.493 e. The van der Waals surface area contributed by atoms with Gasteiger partial charge in [-0.25, -0.2) is 5.43 Å². The molecular weight excluding hydrogens is 530 g/mol. The minimum absolute atomic E-state index is 0.198. The highest BCUT2D eigenvalue weighted by Crippen LogP contribution is 2.29. The molecule has 0 saturated heterocycles. The number of methoxy groups -OCH3 is 1. The van der Waals surface area contributed by atoms with E-state index in [2.05, 4.69) is 15.8 Å². The van der Waals surface area contributed by atoms with Crippen molar-refractivity contribution in [1.29, 1.82) is 0 Å². The number of ether oxygens (including phenoxy) is 3. The first-order valence-electron chi connectivity index (χ1n) is 12.4. The third-order valence-electron chi connectivity index (χ3n) is 5.69. The monoisotopic (exact) mass is 557 g/mol. The lowest BCUT2D eigenvalue weighted by Gasteiger charge is -2.12. The van der Waals surface area contributed by atoms with Crippen LogP contribution in [0.4, 0.5) is 5.69 Å². The van der Waals surface area contributed by atoms with Gasteiger partial charge in [0.05, 0.1) is 18.3 Å². The van der Waals surface area contributed by atoms with Gasteiger partial charge in [0.1, 0.15) is 12.4 Å². The maximum atomic E-state index is 12.6. The average molecular weight is 558 g/mol. The first-order chi connectivity index (χ1) is 19.4. The SMILES string of the molecule is COc1cc(C(=O)N/N=C/c2ccc(OCC(=O)Nc3ccc(C)cc3)c(Cl)c2)ccc1OCc1ccccc1. The van der Waals surface area contributed by atoms with Crippen molar-refractivity contribution in [3.8, 4) is 17.2 Å². The van der Waals surface area contributed by atoms with Gasteiger partial charge in [-0.15, -0.1) is 0 Å². The number of hydrogen-bond acceptors (Lipinski definition) is 6. The van der Waals surface area contributed by atoms with Gasteiger partial charge in [0.25, 0.3) is 11.8 Å². The molecule has 0 bridgehead atoms. The lowest BCUT2D eigenvalue weighted by atomic mass is 10.2. The lowest BCUT2D eigenvalue weighted by molar-refractivity contribution is -0.118. The van der Waals surface area contributed by atoms with Crippen LogP contribution in [0.15, 0.2) is 96.1 Å². The smallest absolute Gasteiger partial charge is 0.271 e. The van der Waals surface area contributed by atoms with E-state index in [1.807, 2.05) is 61.5 Å². The first-order valence-corrected chi connectivity index (χ1v) is 12.8. The molecule has 0 unspecified atom stereocenters. The third kappa shape index (κ3) is 8.09. The summed E-state index contributed by atoms with van der Waals surface area (Å²) >= 11 is 6.31. The zero-order chi connectivity index (χ0) is 28.3. The van der Waals surface area contributed by atoms with Gasteiger partial charge in [-0.2, -0.15) is 5.10 Å². The Labute approximate surface area is 237 Å². The summed E-state index contributed by atoms with van der Waals surface area (Å²) in [6.45, 7) is 2.15. The van der Waals surface area contributed by atoms with Gasteiger partial charge in [-0.1, -0.05) is 59.6 Å². The van der Waals surface area contributed by atoms with Gasteiger partial charge >= 0.3 is 0 Å². The molecule has 0 aliphatic rings. The second-order valence-electron chi connectivity index (χ2n) is 8.73. The largest absolute Gasteiger partial charge is 0.493 e. The summed E-state index contributed by atoms with van der Waals surface area (Å²) in [6, 6.07) is 27.1. The third-order valence-corrected chi connectivity index (χ3v) is 5.99. The highest BCUT2D eigenvalue weighted by Gasteiger charge is 2.12. The fourth-order valence-corrected chi connectivity index (χ4v) is 3.83. The number of carbonyl (C=O) groups excluding carboxylic acids is 2. The average Bonchev–Trinajstić information content (AvgIpc) is 2.97. The quantitative estimate of drug-likeness (QED) is 0.174. The number of anilines is 1. The summed E-state index contributed by atoms with van der Waals surface area (Å²) in [5.74, 6) is 0.581. The van der Waals surface area contributed by atoms with E-state index in [4.69, 9.17) is 25.8 Å². The Morgan fingerprint density at radius 3 is 2.35 bits per heavy atom. The summed E-state index contributed by atoms with van der Waals surface area (Å²) in [7, 11) is 1.51. The zero-order valence-electron chi connectivity index (χ0n) is 22.0. The number of hydrogen-bond donors (Lipinski definition) is 2. The van der Waals surface area contributed by atoms with E-state index in [0.717, 1.165) is 11.1 Å². The molecule has 0 radical (unpaired) electrons. The highest BCUT2D eigenvalue weighted by molar-refractivity contribution is 6.32. The molecule has 4 rings (SSSR count). The zero-order valence-corrected chi connectivity index (χ0v) is 22.8. The standard InChI is InChI=1S/C31H28ClN3O5/c1-21-8-12-25(13-9-21)34-30(36)20-40-27-14-10-23(16-26(27)32)18-33-35-31(37)24-11-15-28(29(17-24)38-2)39-19-22-6-4-3-5-7-22/h3-18H,19-20H2,1-2H3,(H,34,36)(H,35,37)/b33-18+. The van der Waals surface area contributed by atoms with Crippen LogP contribution in [-0.2, 0) is 11.4 Å². The fraction of sp³-hybridized carbons (Fsp3) is 0.129. The van der Waals surface area contributed by atoms with E-state index in [1.54, 1.807) is 36.4 Å². The topological polar surface area (TPSA) is 98.3 Å². The van der Waals surface area contributed by atoms with Crippen molar-refractivity contribution in [3.63, 3.8) is 0 Å². The molecule has 0 spiro atoms. The molecule has 0 atom stereocenters. The maximum absolute atomic E-state index is 12.6. The molecule has 2 amide bonds. The van der Waals surface area contributed by atoms with Crippen LogP contribution in [0.1, 0.15) is 27.0 Å². The molecule has 0 saturated carbocycles. The fourth-order valence-electron chi connectivity index (χ4n) is 3.59. The van der Waals surface area contributed by atoms with Crippen molar-refractivity contribution < 1.29 is 23.8 Å². The first kappa shape index (κ1) is 28.2. The Balaban J connectivity index is 1.28. The van der Waals surface area contributed by atoms with Gasteiger partial charge in [-0.05, 0) is 66.6 Å². The number of rotatable bonds is 11. The molecule has 0 aliphatic heterocycles. The molecule has 8 nitrogen and oxygen atoms in total. The molecule has 2 N–H and O–H groups in total. The number of amides is 2. The molecule has 9 heteroatoms. The Hall–Kier alpha value is -4.82. The van der Waals surface area contributed by atoms with Crippen LogP contribution in [0.25, 0.3) is 0 Å². The number of benzene rings is 4. The van der Waals surface area contributed by atoms with E-state index in [-0.39, 0.29) is 12.5 Å².